The van der Waals surface area contributed by atoms with Gasteiger partial charge in [0, 0.05) is 18.3 Å². The lowest BCUT2D eigenvalue weighted by molar-refractivity contribution is 0.109. The topological polar surface area (TPSA) is 58.2 Å². The summed E-state index contributed by atoms with van der Waals surface area (Å²) < 4.78 is 5.45. The fourth-order valence-electron chi connectivity index (χ4n) is 3.03. The van der Waals surface area contributed by atoms with Crippen molar-refractivity contribution < 1.29 is 9.53 Å². The van der Waals surface area contributed by atoms with Crippen molar-refractivity contribution >= 4 is 12.0 Å². The highest BCUT2D eigenvalue weighted by Gasteiger charge is 2.23. The minimum Gasteiger partial charge on any atom is -0.449 e. The number of amides is 1. The first-order chi connectivity index (χ1) is 12.4. The highest BCUT2D eigenvalue weighted by atomic mass is 16.6. The van der Waals surface area contributed by atoms with Crippen LogP contribution in [0.2, 0.25) is 0 Å². The van der Waals surface area contributed by atoms with Gasteiger partial charge in [-0.05, 0) is 36.7 Å². The highest BCUT2D eigenvalue weighted by Crippen LogP contribution is 2.28. The average molecular weight is 355 g/mol. The van der Waals surface area contributed by atoms with Crippen LogP contribution in [0.3, 0.4) is 0 Å². The number of hydrogen-bond acceptors (Lipinski definition) is 3. The maximum atomic E-state index is 12.4. The molecule has 5 nitrogen and oxygen atoms in total. The predicted octanol–water partition coefficient (Wildman–Crippen LogP) is 5.14. The van der Waals surface area contributed by atoms with Gasteiger partial charge in [-0.1, -0.05) is 51.5 Å². The van der Waals surface area contributed by atoms with Crippen molar-refractivity contribution in [2.45, 2.75) is 52.4 Å². The molecule has 1 fully saturated rings. The zero-order valence-electron chi connectivity index (χ0n) is 16.2. The molecule has 2 aromatic rings. The molecule has 140 valence electrons. The fraction of sp³-hybridized carbons (Fsp3) is 0.524. The first-order valence-electron chi connectivity index (χ1n) is 9.49. The lowest BCUT2D eigenvalue weighted by Crippen LogP contribution is -2.34. The van der Waals surface area contributed by atoms with E-state index in [2.05, 4.69) is 55.0 Å². The third-order valence-corrected chi connectivity index (χ3v) is 5.07. The van der Waals surface area contributed by atoms with Crippen molar-refractivity contribution in [3.63, 3.8) is 0 Å². The van der Waals surface area contributed by atoms with E-state index in [9.17, 15) is 4.79 Å². The van der Waals surface area contributed by atoms with Crippen LogP contribution in [0.15, 0.2) is 30.5 Å². The molecule has 1 heterocycles. The monoisotopic (exact) mass is 355 g/mol. The molecule has 0 saturated heterocycles. The molecule has 3 rings (SSSR count). The van der Waals surface area contributed by atoms with Crippen LogP contribution in [0, 0.1) is 5.92 Å². The third kappa shape index (κ3) is 4.09. The van der Waals surface area contributed by atoms with Gasteiger partial charge in [-0.3, -0.25) is 0 Å². The summed E-state index contributed by atoms with van der Waals surface area (Å²) in [6.45, 7) is 9.54. The Morgan fingerprint density at radius 1 is 1.27 bits per heavy atom. The van der Waals surface area contributed by atoms with Gasteiger partial charge in [-0.25, -0.2) is 14.7 Å². The molecule has 0 spiro atoms. The number of anilines is 1. The quantitative estimate of drug-likeness (QED) is 0.808. The van der Waals surface area contributed by atoms with E-state index >= 15 is 0 Å². The Morgan fingerprint density at radius 3 is 2.50 bits per heavy atom. The Hall–Kier alpha value is -2.30. The Morgan fingerprint density at radius 2 is 1.96 bits per heavy atom. The Balaban J connectivity index is 1.69. The summed E-state index contributed by atoms with van der Waals surface area (Å²) in [5.74, 6) is 1.06. The first-order valence-corrected chi connectivity index (χ1v) is 9.49. The van der Waals surface area contributed by atoms with Crippen LogP contribution >= 0.6 is 0 Å². The number of hydrogen-bond donors (Lipinski definition) is 1. The van der Waals surface area contributed by atoms with Crippen LogP contribution in [-0.2, 0) is 10.2 Å². The molecule has 1 aromatic carbocycles. The zero-order valence-corrected chi connectivity index (χ0v) is 16.2. The number of nitrogens with zero attached hydrogens (tertiary/aromatic N) is 2. The molecule has 26 heavy (non-hydrogen) atoms. The van der Waals surface area contributed by atoms with E-state index in [1.807, 2.05) is 13.1 Å². The van der Waals surface area contributed by atoms with Crippen LogP contribution in [0.25, 0.3) is 11.3 Å². The van der Waals surface area contributed by atoms with Crippen molar-refractivity contribution in [1.29, 1.82) is 0 Å². The number of aromatic amines is 1. The van der Waals surface area contributed by atoms with Gasteiger partial charge in [-0.15, -0.1) is 0 Å². The van der Waals surface area contributed by atoms with Crippen molar-refractivity contribution in [1.82, 2.24) is 9.97 Å². The van der Waals surface area contributed by atoms with Crippen LogP contribution in [0.5, 0.6) is 0 Å². The molecule has 0 aliphatic heterocycles. The SMILES string of the molecule is CCN(C(=O)OCC1CCC1)c1nc(-c2ccc(C(C)(C)C)cc2)c[nH]1. The largest absolute Gasteiger partial charge is 0.449 e. The second-order valence-electron chi connectivity index (χ2n) is 8.05. The van der Waals surface area contributed by atoms with Crippen LogP contribution in [0.1, 0.15) is 52.5 Å². The molecular formula is C21H29N3O2. The van der Waals surface area contributed by atoms with E-state index in [1.54, 1.807) is 4.90 Å². The van der Waals surface area contributed by atoms with Crippen LogP contribution < -0.4 is 4.90 Å². The van der Waals surface area contributed by atoms with Gasteiger partial charge in [0.2, 0.25) is 5.95 Å². The van der Waals surface area contributed by atoms with E-state index in [1.165, 1.54) is 12.0 Å². The van der Waals surface area contributed by atoms with Gasteiger partial charge in [0.1, 0.15) is 0 Å². The van der Waals surface area contributed by atoms with Crippen LogP contribution in [0.4, 0.5) is 10.7 Å². The summed E-state index contributed by atoms with van der Waals surface area (Å²) in [4.78, 5) is 21.6. The molecule has 1 aliphatic carbocycles. The van der Waals surface area contributed by atoms with E-state index in [4.69, 9.17) is 4.74 Å². The van der Waals surface area contributed by atoms with Crippen molar-refractivity contribution in [2.75, 3.05) is 18.1 Å². The number of H-pyrrole nitrogens is 1. The summed E-state index contributed by atoms with van der Waals surface area (Å²) >= 11 is 0. The van der Waals surface area contributed by atoms with Gasteiger partial charge in [0.15, 0.2) is 0 Å². The lowest BCUT2D eigenvalue weighted by Gasteiger charge is -2.26. The molecule has 0 atom stereocenters. The van der Waals surface area contributed by atoms with E-state index in [0.29, 0.717) is 25.0 Å². The Labute approximate surface area is 155 Å². The number of nitrogens with one attached hydrogen (secondary N) is 1. The molecule has 1 amide bonds. The van der Waals surface area contributed by atoms with Gasteiger partial charge < -0.3 is 9.72 Å². The summed E-state index contributed by atoms with van der Waals surface area (Å²) in [7, 11) is 0. The average Bonchev–Trinajstić information content (AvgIpc) is 3.03. The number of benzene rings is 1. The van der Waals surface area contributed by atoms with Gasteiger partial charge >= 0.3 is 6.09 Å². The Kier molecular flexibility index (Phi) is 5.35. The minimum absolute atomic E-state index is 0.123. The molecule has 1 aromatic heterocycles. The first kappa shape index (κ1) is 18.5. The molecule has 1 saturated carbocycles. The van der Waals surface area contributed by atoms with Crippen LogP contribution in [-0.4, -0.2) is 29.2 Å². The molecule has 0 unspecified atom stereocenters. The third-order valence-electron chi connectivity index (χ3n) is 5.07. The lowest BCUT2D eigenvalue weighted by atomic mass is 9.86. The summed E-state index contributed by atoms with van der Waals surface area (Å²) in [6, 6.07) is 8.42. The summed E-state index contributed by atoms with van der Waals surface area (Å²) in [5.41, 5.74) is 3.26. The Bertz CT molecular complexity index is 739. The van der Waals surface area contributed by atoms with Gasteiger partial charge in [0.05, 0.1) is 12.3 Å². The van der Waals surface area contributed by atoms with Gasteiger partial charge in [-0.2, -0.15) is 0 Å². The van der Waals surface area contributed by atoms with Gasteiger partial charge in [0.25, 0.3) is 0 Å². The molecule has 1 N–H and O–H groups in total. The number of ether oxygens (including phenoxy) is 1. The second kappa shape index (κ2) is 7.52. The standard InChI is InChI=1S/C21H29N3O2/c1-5-24(20(25)26-14-15-7-6-8-15)19-22-13-18(23-19)16-9-11-17(12-10-16)21(2,3)4/h9-13,15H,5-8,14H2,1-4H3,(H,22,23). The summed E-state index contributed by atoms with van der Waals surface area (Å²) in [5, 5.41) is 0. The van der Waals surface area contributed by atoms with E-state index < -0.39 is 0 Å². The van der Waals surface area contributed by atoms with Crippen molar-refractivity contribution in [3.05, 3.63) is 36.0 Å². The molecule has 0 bridgehead atoms. The number of aromatic nitrogens is 2. The molecular weight excluding hydrogens is 326 g/mol. The van der Waals surface area contributed by atoms with Crippen molar-refractivity contribution in [2.24, 2.45) is 5.92 Å². The van der Waals surface area contributed by atoms with Crippen molar-refractivity contribution in [3.8, 4) is 11.3 Å². The number of imidazole rings is 1. The normalized spacial score (nSPS) is 14.8. The summed E-state index contributed by atoms with van der Waals surface area (Å²) in [6.07, 6.45) is 5.07. The fourth-order valence-corrected chi connectivity index (χ4v) is 3.03. The predicted molar refractivity (Wildman–Crippen MR) is 104 cm³/mol. The number of carbonyl (C=O) groups is 1. The number of rotatable bonds is 5. The maximum Gasteiger partial charge on any atom is 0.416 e. The molecule has 1 aliphatic rings. The minimum atomic E-state index is -0.330. The smallest absolute Gasteiger partial charge is 0.416 e. The maximum absolute atomic E-state index is 12.4. The van der Waals surface area contributed by atoms with E-state index in [-0.39, 0.29) is 11.5 Å². The molecule has 0 radical (unpaired) electrons. The highest BCUT2D eigenvalue weighted by molar-refractivity contribution is 5.85. The number of carbonyl (C=O) groups excluding carboxylic acids is 1. The molecule has 5 heteroatoms. The second-order valence-corrected chi connectivity index (χ2v) is 8.05. The van der Waals surface area contributed by atoms with E-state index in [0.717, 1.165) is 24.1 Å². The zero-order chi connectivity index (χ0) is 18.7.